The van der Waals surface area contributed by atoms with Crippen LogP contribution in [0.25, 0.3) is 0 Å². The summed E-state index contributed by atoms with van der Waals surface area (Å²) >= 11 is 0. The fourth-order valence-electron chi connectivity index (χ4n) is 1.13. The zero-order chi connectivity index (χ0) is 11.1. The average Bonchev–Trinajstić information content (AvgIpc) is 2.25. The zero-order valence-electron chi connectivity index (χ0n) is 9.40. The summed E-state index contributed by atoms with van der Waals surface area (Å²) in [7, 11) is 3.85. The molecule has 0 fully saturated rings. The summed E-state index contributed by atoms with van der Waals surface area (Å²) in [6, 6.07) is 0. The fourth-order valence-corrected chi connectivity index (χ4v) is 1.13. The van der Waals surface area contributed by atoms with Gasteiger partial charge in [0.1, 0.15) is 0 Å². The molecule has 0 aliphatic rings. The van der Waals surface area contributed by atoms with Gasteiger partial charge in [-0.25, -0.2) is 9.97 Å². The topological polar surface area (TPSA) is 67.1 Å². The minimum Gasteiger partial charge on any atom is -0.347 e. The molecule has 0 unspecified atom stereocenters. The van der Waals surface area contributed by atoms with E-state index in [1.54, 1.807) is 0 Å². The smallest absolute Gasteiger partial charge is 0.224 e. The van der Waals surface area contributed by atoms with Gasteiger partial charge < -0.3 is 16.0 Å². The Labute approximate surface area is 90.7 Å². The largest absolute Gasteiger partial charge is 0.347 e. The number of nitrogens with one attached hydrogen (secondary N) is 1. The van der Waals surface area contributed by atoms with E-state index < -0.39 is 0 Å². The minimum atomic E-state index is 0.725. The summed E-state index contributed by atoms with van der Waals surface area (Å²) in [6.45, 7) is 2.46. The molecule has 84 valence electrons. The van der Waals surface area contributed by atoms with E-state index in [1.807, 2.05) is 31.4 Å². The first-order valence-corrected chi connectivity index (χ1v) is 5.13. The van der Waals surface area contributed by atoms with E-state index in [9.17, 15) is 0 Å². The van der Waals surface area contributed by atoms with Crippen molar-refractivity contribution in [1.29, 1.82) is 0 Å². The molecule has 0 spiro atoms. The van der Waals surface area contributed by atoms with E-state index in [4.69, 9.17) is 5.73 Å². The lowest BCUT2D eigenvalue weighted by Crippen LogP contribution is -2.18. The number of rotatable bonds is 6. The van der Waals surface area contributed by atoms with Crippen LogP contribution in [0.2, 0.25) is 0 Å². The van der Waals surface area contributed by atoms with Crippen molar-refractivity contribution < 1.29 is 0 Å². The molecule has 1 heterocycles. The number of hydrogen-bond donors (Lipinski definition) is 2. The van der Waals surface area contributed by atoms with Crippen LogP contribution in [0.5, 0.6) is 0 Å². The molecule has 0 amide bonds. The Kier molecular flexibility index (Phi) is 5.00. The number of hydrogen-bond acceptors (Lipinski definition) is 5. The lowest BCUT2D eigenvalue weighted by molar-refractivity contribution is 0.652. The molecule has 1 rings (SSSR count). The van der Waals surface area contributed by atoms with Gasteiger partial charge in [-0.05, 0) is 19.5 Å². The van der Waals surface area contributed by atoms with Crippen LogP contribution in [-0.2, 0) is 6.54 Å². The summed E-state index contributed by atoms with van der Waals surface area (Å²) in [5.41, 5.74) is 6.49. The average molecular weight is 209 g/mol. The zero-order valence-corrected chi connectivity index (χ0v) is 9.40. The first-order valence-electron chi connectivity index (χ1n) is 5.13. The molecule has 5 nitrogen and oxygen atoms in total. The van der Waals surface area contributed by atoms with Gasteiger partial charge in [0.15, 0.2) is 0 Å². The molecule has 0 aliphatic carbocycles. The molecule has 1 aromatic rings. The lowest BCUT2D eigenvalue weighted by Gasteiger charge is -2.09. The van der Waals surface area contributed by atoms with Gasteiger partial charge in [0.2, 0.25) is 5.95 Å². The molecule has 15 heavy (non-hydrogen) atoms. The highest BCUT2D eigenvalue weighted by Gasteiger charge is 1.98. The van der Waals surface area contributed by atoms with Crippen LogP contribution in [0, 0.1) is 0 Å². The molecule has 0 radical (unpaired) electrons. The van der Waals surface area contributed by atoms with Crippen molar-refractivity contribution in [3.63, 3.8) is 0 Å². The first kappa shape index (κ1) is 11.9. The van der Waals surface area contributed by atoms with Gasteiger partial charge in [-0.1, -0.05) is 0 Å². The Morgan fingerprint density at radius 2 is 2.00 bits per heavy atom. The number of nitrogens with two attached hydrogens (primary N) is 1. The molecule has 0 bridgehead atoms. The Morgan fingerprint density at radius 3 is 2.53 bits per heavy atom. The maximum Gasteiger partial charge on any atom is 0.224 e. The molecule has 0 aliphatic heterocycles. The standard InChI is InChI=1S/C10H19N5/c1-15(2)10-13-7-9(8-14-10)6-12-5-3-4-11/h7-8,12H,3-6,11H2,1-2H3. The van der Waals surface area contributed by atoms with Crippen LogP contribution in [0.1, 0.15) is 12.0 Å². The fraction of sp³-hybridized carbons (Fsp3) is 0.600. The number of nitrogens with zero attached hydrogens (tertiary/aromatic N) is 3. The molecule has 1 aromatic heterocycles. The molecular formula is C10H19N5. The van der Waals surface area contributed by atoms with Crippen molar-refractivity contribution in [1.82, 2.24) is 15.3 Å². The van der Waals surface area contributed by atoms with Crippen molar-refractivity contribution in [3.05, 3.63) is 18.0 Å². The lowest BCUT2D eigenvalue weighted by atomic mass is 10.3. The second-order valence-corrected chi connectivity index (χ2v) is 3.60. The Bertz CT molecular complexity index is 270. The van der Waals surface area contributed by atoms with Crippen molar-refractivity contribution in [2.75, 3.05) is 32.1 Å². The van der Waals surface area contributed by atoms with Crippen LogP contribution in [0.15, 0.2) is 12.4 Å². The van der Waals surface area contributed by atoms with E-state index in [-0.39, 0.29) is 0 Å². The highest BCUT2D eigenvalue weighted by molar-refractivity contribution is 5.26. The molecule has 0 saturated carbocycles. The minimum absolute atomic E-state index is 0.725. The van der Waals surface area contributed by atoms with E-state index in [0.717, 1.165) is 37.6 Å². The van der Waals surface area contributed by atoms with Gasteiger partial charge in [0.25, 0.3) is 0 Å². The quantitative estimate of drug-likeness (QED) is 0.645. The predicted molar refractivity (Wildman–Crippen MR) is 61.7 cm³/mol. The van der Waals surface area contributed by atoms with Crippen LogP contribution in [0.3, 0.4) is 0 Å². The van der Waals surface area contributed by atoms with Crippen molar-refractivity contribution >= 4 is 5.95 Å². The van der Waals surface area contributed by atoms with E-state index in [2.05, 4.69) is 15.3 Å². The van der Waals surface area contributed by atoms with Crippen LogP contribution in [0.4, 0.5) is 5.95 Å². The van der Waals surface area contributed by atoms with Crippen LogP contribution < -0.4 is 16.0 Å². The summed E-state index contributed by atoms with van der Waals surface area (Å²) in [4.78, 5) is 10.3. The maximum absolute atomic E-state index is 5.39. The van der Waals surface area contributed by atoms with Crippen molar-refractivity contribution in [2.45, 2.75) is 13.0 Å². The summed E-state index contributed by atoms with van der Waals surface area (Å²) in [5, 5.41) is 3.28. The van der Waals surface area contributed by atoms with Gasteiger partial charge in [-0.2, -0.15) is 0 Å². The SMILES string of the molecule is CN(C)c1ncc(CNCCCN)cn1. The van der Waals surface area contributed by atoms with E-state index in [1.165, 1.54) is 0 Å². The van der Waals surface area contributed by atoms with Crippen molar-refractivity contribution in [3.8, 4) is 0 Å². The van der Waals surface area contributed by atoms with Crippen molar-refractivity contribution in [2.24, 2.45) is 5.73 Å². The summed E-state index contributed by atoms with van der Waals surface area (Å²) < 4.78 is 0. The highest BCUT2D eigenvalue weighted by atomic mass is 15.2. The highest BCUT2D eigenvalue weighted by Crippen LogP contribution is 2.02. The van der Waals surface area contributed by atoms with Crippen LogP contribution in [-0.4, -0.2) is 37.2 Å². The van der Waals surface area contributed by atoms with E-state index >= 15 is 0 Å². The molecular weight excluding hydrogens is 190 g/mol. The molecule has 5 heteroatoms. The Morgan fingerprint density at radius 1 is 1.33 bits per heavy atom. The Balaban J connectivity index is 2.36. The van der Waals surface area contributed by atoms with E-state index in [0.29, 0.717) is 0 Å². The van der Waals surface area contributed by atoms with Gasteiger partial charge in [-0.15, -0.1) is 0 Å². The third-order valence-electron chi connectivity index (χ3n) is 1.98. The molecule has 3 N–H and O–H groups in total. The maximum atomic E-state index is 5.39. The third-order valence-corrected chi connectivity index (χ3v) is 1.98. The van der Waals surface area contributed by atoms with Gasteiger partial charge in [-0.3, -0.25) is 0 Å². The van der Waals surface area contributed by atoms with Gasteiger partial charge in [0, 0.05) is 38.6 Å². The Hall–Kier alpha value is -1.20. The molecule has 0 atom stereocenters. The first-order chi connectivity index (χ1) is 7.24. The summed E-state index contributed by atoms with van der Waals surface area (Å²) in [6.07, 6.45) is 4.69. The van der Waals surface area contributed by atoms with Gasteiger partial charge in [0.05, 0.1) is 0 Å². The predicted octanol–water partition coefficient (Wildman–Crippen LogP) is -0.0190. The second-order valence-electron chi connectivity index (χ2n) is 3.60. The van der Waals surface area contributed by atoms with Crippen LogP contribution >= 0.6 is 0 Å². The molecule has 0 saturated heterocycles. The van der Waals surface area contributed by atoms with Gasteiger partial charge >= 0.3 is 0 Å². The number of anilines is 1. The second kappa shape index (κ2) is 6.31. The normalized spacial score (nSPS) is 10.3. The monoisotopic (exact) mass is 209 g/mol. The number of aromatic nitrogens is 2. The summed E-state index contributed by atoms with van der Waals surface area (Å²) in [5.74, 6) is 0.737. The third kappa shape index (κ3) is 4.22. The molecule has 0 aromatic carbocycles.